The zero-order valence-corrected chi connectivity index (χ0v) is 10.5. The molecule has 1 rings (SSSR count). The predicted molar refractivity (Wildman–Crippen MR) is 68.1 cm³/mol. The van der Waals surface area contributed by atoms with Crippen molar-refractivity contribution in [3.63, 3.8) is 0 Å². The Morgan fingerprint density at radius 1 is 1.05 bits per heavy atom. The third kappa shape index (κ3) is 4.79. The van der Waals surface area contributed by atoms with Gasteiger partial charge < -0.3 is 15.1 Å². The Kier molecular flexibility index (Phi) is 5.05. The third-order valence-corrected chi connectivity index (χ3v) is 2.53. The second-order valence-corrected chi connectivity index (χ2v) is 4.05. The first-order valence-electron chi connectivity index (χ1n) is 5.71. The van der Waals surface area contributed by atoms with Gasteiger partial charge in [-0.3, -0.25) is 14.4 Å². The largest absolute Gasteiger partial charge is 0.481 e. The number of hydrogen-bond acceptors (Lipinski definition) is 3. The molecule has 2 N–H and O–H groups in total. The first-order valence-corrected chi connectivity index (χ1v) is 5.71. The quantitative estimate of drug-likeness (QED) is 0.804. The van der Waals surface area contributed by atoms with Crippen molar-refractivity contribution in [2.45, 2.75) is 19.8 Å². The van der Waals surface area contributed by atoms with Crippen LogP contribution in [0.3, 0.4) is 0 Å². The van der Waals surface area contributed by atoms with Crippen LogP contribution in [0, 0.1) is 0 Å². The van der Waals surface area contributed by atoms with E-state index in [-0.39, 0.29) is 25.3 Å². The fraction of sp³-hybridized carbons (Fsp3) is 0.308. The zero-order valence-electron chi connectivity index (χ0n) is 10.5. The van der Waals surface area contributed by atoms with Crippen LogP contribution >= 0.6 is 0 Å². The molecule has 0 atom stereocenters. The van der Waals surface area contributed by atoms with Gasteiger partial charge in [0.2, 0.25) is 5.91 Å². The summed E-state index contributed by atoms with van der Waals surface area (Å²) in [6.45, 7) is 1.44. The highest BCUT2D eigenvalue weighted by atomic mass is 16.4. The van der Waals surface area contributed by atoms with E-state index in [1.54, 1.807) is 24.3 Å². The maximum atomic E-state index is 11.5. The summed E-state index contributed by atoms with van der Waals surface area (Å²) in [7, 11) is 0. The molecule has 1 aromatic rings. The summed E-state index contributed by atoms with van der Waals surface area (Å²) in [5.41, 5.74) is 1.18. The minimum Gasteiger partial charge on any atom is -0.481 e. The molecular weight excluding hydrogens is 250 g/mol. The van der Waals surface area contributed by atoms with Crippen LogP contribution in [0.5, 0.6) is 0 Å². The molecule has 1 aromatic carbocycles. The van der Waals surface area contributed by atoms with Gasteiger partial charge in [0.15, 0.2) is 0 Å². The molecule has 6 heteroatoms. The number of carbonyl (C=O) groups excluding carboxylic acids is 1. The highest BCUT2D eigenvalue weighted by Gasteiger charge is 2.13. The van der Waals surface area contributed by atoms with Crippen molar-refractivity contribution in [3.05, 3.63) is 29.8 Å². The lowest BCUT2D eigenvalue weighted by molar-refractivity contribution is -0.137. The van der Waals surface area contributed by atoms with Crippen LogP contribution in [0.2, 0.25) is 0 Å². The van der Waals surface area contributed by atoms with Gasteiger partial charge in [-0.25, -0.2) is 0 Å². The zero-order chi connectivity index (χ0) is 14.4. The van der Waals surface area contributed by atoms with Crippen LogP contribution < -0.4 is 4.90 Å². The molecule has 0 heterocycles. The number of anilines is 1. The first-order chi connectivity index (χ1) is 8.90. The standard InChI is InChI=1S/C13H15NO5/c1-9(15)14(7-6-12(16)17)11-4-2-10(3-5-11)8-13(18)19/h2-5H,6-8H2,1H3,(H,16,17)(H,18,19). The van der Waals surface area contributed by atoms with Crippen molar-refractivity contribution < 1.29 is 24.6 Å². The minimum absolute atomic E-state index is 0.0863. The van der Waals surface area contributed by atoms with Gasteiger partial charge in [-0.2, -0.15) is 0 Å². The van der Waals surface area contributed by atoms with Crippen LogP contribution in [0.25, 0.3) is 0 Å². The number of carboxylic acids is 2. The molecule has 0 bridgehead atoms. The van der Waals surface area contributed by atoms with E-state index in [0.29, 0.717) is 11.3 Å². The van der Waals surface area contributed by atoms with E-state index in [2.05, 4.69) is 0 Å². The van der Waals surface area contributed by atoms with Crippen molar-refractivity contribution >= 4 is 23.5 Å². The van der Waals surface area contributed by atoms with Gasteiger partial charge in [-0.1, -0.05) is 12.1 Å². The van der Waals surface area contributed by atoms with Gasteiger partial charge in [-0.15, -0.1) is 0 Å². The molecule has 0 spiro atoms. The van der Waals surface area contributed by atoms with Crippen LogP contribution in [0.4, 0.5) is 5.69 Å². The van der Waals surface area contributed by atoms with E-state index in [4.69, 9.17) is 10.2 Å². The number of rotatable bonds is 6. The molecule has 0 saturated carbocycles. The average molecular weight is 265 g/mol. The molecule has 0 aromatic heterocycles. The fourth-order valence-corrected chi connectivity index (χ4v) is 1.64. The normalized spacial score (nSPS) is 9.95. The van der Waals surface area contributed by atoms with E-state index in [9.17, 15) is 14.4 Å². The molecule has 102 valence electrons. The second-order valence-electron chi connectivity index (χ2n) is 4.05. The summed E-state index contributed by atoms with van der Waals surface area (Å²) in [6, 6.07) is 6.45. The van der Waals surface area contributed by atoms with Crippen molar-refractivity contribution in [2.75, 3.05) is 11.4 Å². The van der Waals surface area contributed by atoms with E-state index in [1.807, 2.05) is 0 Å². The smallest absolute Gasteiger partial charge is 0.307 e. The summed E-state index contributed by atoms with van der Waals surface area (Å²) in [6.07, 6.45) is -0.230. The molecule has 0 aliphatic carbocycles. The average Bonchev–Trinajstić information content (AvgIpc) is 2.29. The fourth-order valence-electron chi connectivity index (χ4n) is 1.64. The van der Waals surface area contributed by atoms with Crippen LogP contribution in [0.1, 0.15) is 18.9 Å². The van der Waals surface area contributed by atoms with Gasteiger partial charge in [0.05, 0.1) is 12.8 Å². The molecule has 0 unspecified atom stereocenters. The van der Waals surface area contributed by atoms with Gasteiger partial charge >= 0.3 is 11.9 Å². The van der Waals surface area contributed by atoms with Crippen molar-refractivity contribution in [2.24, 2.45) is 0 Å². The Hall–Kier alpha value is -2.37. The molecule has 0 saturated heterocycles. The Balaban J connectivity index is 2.82. The minimum atomic E-state index is -0.978. The Bertz CT molecular complexity index is 480. The van der Waals surface area contributed by atoms with E-state index in [0.717, 1.165) is 0 Å². The highest BCUT2D eigenvalue weighted by Crippen LogP contribution is 2.16. The maximum Gasteiger partial charge on any atom is 0.307 e. The Morgan fingerprint density at radius 3 is 2.05 bits per heavy atom. The highest BCUT2D eigenvalue weighted by molar-refractivity contribution is 5.92. The maximum absolute atomic E-state index is 11.5. The number of carbonyl (C=O) groups is 3. The lowest BCUT2D eigenvalue weighted by atomic mass is 10.1. The number of carboxylic acid groups (broad SMARTS) is 2. The molecular formula is C13H15NO5. The molecule has 0 fully saturated rings. The number of nitrogens with zero attached hydrogens (tertiary/aromatic N) is 1. The third-order valence-electron chi connectivity index (χ3n) is 2.53. The first kappa shape index (κ1) is 14.7. The summed E-state index contributed by atoms with van der Waals surface area (Å²) >= 11 is 0. The van der Waals surface area contributed by atoms with Crippen LogP contribution in [-0.2, 0) is 20.8 Å². The van der Waals surface area contributed by atoms with Crippen molar-refractivity contribution in [1.82, 2.24) is 0 Å². The SMILES string of the molecule is CC(=O)N(CCC(=O)O)c1ccc(CC(=O)O)cc1. The lowest BCUT2D eigenvalue weighted by Gasteiger charge is -2.20. The second kappa shape index (κ2) is 6.53. The predicted octanol–water partition coefficient (Wildman–Crippen LogP) is 1.14. The molecule has 0 aliphatic heterocycles. The van der Waals surface area contributed by atoms with Gasteiger partial charge in [0.25, 0.3) is 0 Å². The van der Waals surface area contributed by atoms with Gasteiger partial charge in [0, 0.05) is 19.2 Å². The number of hydrogen-bond donors (Lipinski definition) is 2. The Labute approximate surface area is 110 Å². The van der Waals surface area contributed by atoms with Gasteiger partial charge in [0.1, 0.15) is 0 Å². The van der Waals surface area contributed by atoms with E-state index < -0.39 is 11.9 Å². The number of amides is 1. The number of aliphatic carboxylic acids is 2. The molecule has 0 radical (unpaired) electrons. The van der Waals surface area contributed by atoms with Gasteiger partial charge in [-0.05, 0) is 17.7 Å². The molecule has 19 heavy (non-hydrogen) atoms. The summed E-state index contributed by atoms with van der Waals surface area (Å²) in [4.78, 5) is 33.9. The van der Waals surface area contributed by atoms with E-state index >= 15 is 0 Å². The van der Waals surface area contributed by atoms with E-state index in [1.165, 1.54) is 11.8 Å². The summed E-state index contributed by atoms with van der Waals surface area (Å²) in [5, 5.41) is 17.3. The molecule has 0 aliphatic rings. The molecule has 1 amide bonds. The Morgan fingerprint density at radius 2 is 1.63 bits per heavy atom. The monoisotopic (exact) mass is 265 g/mol. The lowest BCUT2D eigenvalue weighted by Crippen LogP contribution is -2.30. The summed E-state index contributed by atoms with van der Waals surface area (Å²) < 4.78 is 0. The summed E-state index contributed by atoms with van der Waals surface area (Å²) in [5.74, 6) is -2.16. The number of benzene rings is 1. The molecule has 6 nitrogen and oxygen atoms in total. The van der Waals surface area contributed by atoms with Crippen molar-refractivity contribution in [1.29, 1.82) is 0 Å². The van der Waals surface area contributed by atoms with Crippen molar-refractivity contribution in [3.8, 4) is 0 Å². The van der Waals surface area contributed by atoms with Crippen LogP contribution in [-0.4, -0.2) is 34.6 Å². The van der Waals surface area contributed by atoms with Crippen LogP contribution in [0.15, 0.2) is 24.3 Å². The topological polar surface area (TPSA) is 94.9 Å².